The van der Waals surface area contributed by atoms with Gasteiger partial charge in [0.15, 0.2) is 0 Å². The Bertz CT molecular complexity index is 220. The summed E-state index contributed by atoms with van der Waals surface area (Å²) in [4.78, 5) is 11.1. The molecule has 0 saturated heterocycles. The van der Waals surface area contributed by atoms with E-state index in [0.717, 1.165) is 0 Å². The number of carbonyl (C=O) groups excluding carboxylic acids is 1. The predicted molar refractivity (Wildman–Crippen MR) is 47.4 cm³/mol. The van der Waals surface area contributed by atoms with E-state index >= 15 is 0 Å². The monoisotopic (exact) mass is 186 g/mol. The highest BCUT2D eigenvalue weighted by molar-refractivity contribution is 6.29. The molecule has 0 fully saturated rings. The van der Waals surface area contributed by atoms with E-state index in [-0.39, 0.29) is 12.5 Å². The third kappa shape index (κ3) is 3.99. The zero-order valence-corrected chi connectivity index (χ0v) is 7.69. The summed E-state index contributed by atoms with van der Waals surface area (Å²) in [6.07, 6.45) is 0.511. The summed E-state index contributed by atoms with van der Waals surface area (Å²) in [7, 11) is 0. The molecular weight excluding hydrogens is 176 g/mol. The SMILES string of the molecule is C=C(Cl)CNC(=O)C(C#N)CC. The molecule has 0 radical (unpaired) electrons. The smallest absolute Gasteiger partial charge is 0.237 e. The molecule has 0 rings (SSSR count). The summed E-state index contributed by atoms with van der Waals surface area (Å²) in [5.74, 6) is -0.872. The van der Waals surface area contributed by atoms with Crippen molar-refractivity contribution in [2.75, 3.05) is 6.54 Å². The molecule has 1 unspecified atom stereocenters. The van der Waals surface area contributed by atoms with E-state index in [4.69, 9.17) is 16.9 Å². The van der Waals surface area contributed by atoms with Crippen LogP contribution in [0.5, 0.6) is 0 Å². The second-order valence-electron chi connectivity index (χ2n) is 2.32. The summed E-state index contributed by atoms with van der Waals surface area (Å²) in [5.41, 5.74) is 0. The summed E-state index contributed by atoms with van der Waals surface area (Å²) in [5, 5.41) is 11.3. The van der Waals surface area contributed by atoms with Crippen molar-refractivity contribution in [2.45, 2.75) is 13.3 Å². The number of carbonyl (C=O) groups is 1. The normalized spacial score (nSPS) is 11.4. The molecule has 0 heterocycles. The van der Waals surface area contributed by atoms with Gasteiger partial charge in [-0.15, -0.1) is 0 Å². The lowest BCUT2D eigenvalue weighted by Crippen LogP contribution is -2.30. The third-order valence-electron chi connectivity index (χ3n) is 1.34. The Morgan fingerprint density at radius 2 is 2.42 bits per heavy atom. The van der Waals surface area contributed by atoms with Gasteiger partial charge in [-0.2, -0.15) is 5.26 Å². The van der Waals surface area contributed by atoms with Crippen LogP contribution in [0.4, 0.5) is 0 Å². The van der Waals surface area contributed by atoms with Crippen molar-refractivity contribution in [3.05, 3.63) is 11.6 Å². The first kappa shape index (κ1) is 11.0. The van der Waals surface area contributed by atoms with Crippen molar-refractivity contribution in [3.8, 4) is 6.07 Å². The molecular formula is C8H11ClN2O. The zero-order valence-electron chi connectivity index (χ0n) is 6.93. The van der Waals surface area contributed by atoms with Gasteiger partial charge in [-0.25, -0.2) is 0 Å². The van der Waals surface area contributed by atoms with Gasteiger partial charge in [-0.05, 0) is 6.42 Å². The number of hydrogen-bond acceptors (Lipinski definition) is 2. The lowest BCUT2D eigenvalue weighted by Gasteiger charge is -2.06. The fourth-order valence-corrected chi connectivity index (χ4v) is 0.708. The van der Waals surface area contributed by atoms with E-state index in [1.807, 2.05) is 6.07 Å². The maximum atomic E-state index is 11.1. The molecule has 0 aromatic carbocycles. The second kappa shape index (κ2) is 5.62. The quantitative estimate of drug-likeness (QED) is 0.722. The molecule has 1 atom stereocenters. The van der Waals surface area contributed by atoms with Crippen molar-refractivity contribution in [2.24, 2.45) is 5.92 Å². The van der Waals surface area contributed by atoms with E-state index in [1.54, 1.807) is 6.92 Å². The van der Waals surface area contributed by atoms with Gasteiger partial charge in [-0.3, -0.25) is 4.79 Å². The van der Waals surface area contributed by atoms with E-state index in [0.29, 0.717) is 11.5 Å². The highest BCUT2D eigenvalue weighted by Gasteiger charge is 2.14. The van der Waals surface area contributed by atoms with Crippen LogP contribution in [0.15, 0.2) is 11.6 Å². The molecule has 1 amide bonds. The standard InChI is InChI=1S/C8H11ClN2O/c1-3-7(4-10)8(12)11-5-6(2)9/h7H,2-3,5H2,1H3,(H,11,12). The molecule has 0 spiro atoms. The summed E-state index contributed by atoms with van der Waals surface area (Å²) in [6, 6.07) is 1.89. The predicted octanol–water partition coefficient (Wildman–Crippen LogP) is 1.40. The zero-order chi connectivity index (χ0) is 9.56. The number of nitriles is 1. The average Bonchev–Trinajstić information content (AvgIpc) is 2.03. The second-order valence-corrected chi connectivity index (χ2v) is 2.86. The lowest BCUT2D eigenvalue weighted by molar-refractivity contribution is -0.123. The van der Waals surface area contributed by atoms with Gasteiger partial charge in [-0.1, -0.05) is 25.1 Å². The fraction of sp³-hybridized carbons (Fsp3) is 0.500. The van der Waals surface area contributed by atoms with Crippen LogP contribution in [0, 0.1) is 17.2 Å². The van der Waals surface area contributed by atoms with Crippen LogP contribution in [-0.4, -0.2) is 12.5 Å². The van der Waals surface area contributed by atoms with E-state index in [1.165, 1.54) is 0 Å². The maximum absolute atomic E-state index is 11.1. The minimum atomic E-state index is -0.582. The Balaban J connectivity index is 3.87. The minimum absolute atomic E-state index is 0.221. The summed E-state index contributed by atoms with van der Waals surface area (Å²) < 4.78 is 0. The molecule has 12 heavy (non-hydrogen) atoms. The summed E-state index contributed by atoms with van der Waals surface area (Å²) in [6.45, 7) is 5.41. The highest BCUT2D eigenvalue weighted by Crippen LogP contribution is 2.01. The number of rotatable bonds is 4. The van der Waals surface area contributed by atoms with Crippen LogP contribution in [0.3, 0.4) is 0 Å². The Kier molecular flexibility index (Phi) is 5.14. The van der Waals surface area contributed by atoms with Gasteiger partial charge < -0.3 is 5.32 Å². The number of hydrogen-bond donors (Lipinski definition) is 1. The molecule has 0 bridgehead atoms. The third-order valence-corrected chi connectivity index (χ3v) is 1.47. The minimum Gasteiger partial charge on any atom is -0.350 e. The molecule has 0 aromatic heterocycles. The van der Waals surface area contributed by atoms with Gasteiger partial charge >= 0.3 is 0 Å². The van der Waals surface area contributed by atoms with Crippen LogP contribution in [0.25, 0.3) is 0 Å². The van der Waals surface area contributed by atoms with E-state index in [9.17, 15) is 4.79 Å². The van der Waals surface area contributed by atoms with Gasteiger partial charge in [0.1, 0.15) is 5.92 Å². The van der Waals surface area contributed by atoms with Crippen molar-refractivity contribution < 1.29 is 4.79 Å². The molecule has 1 N–H and O–H groups in total. The Morgan fingerprint density at radius 1 is 1.83 bits per heavy atom. The average molecular weight is 187 g/mol. The van der Waals surface area contributed by atoms with E-state index in [2.05, 4.69) is 11.9 Å². The maximum Gasteiger partial charge on any atom is 0.237 e. The Labute approximate surface area is 77.0 Å². The Hall–Kier alpha value is -1.01. The van der Waals surface area contributed by atoms with Crippen LogP contribution in [-0.2, 0) is 4.79 Å². The molecule has 4 heteroatoms. The van der Waals surface area contributed by atoms with Crippen LogP contribution < -0.4 is 5.32 Å². The molecule has 66 valence electrons. The van der Waals surface area contributed by atoms with Crippen molar-refractivity contribution in [3.63, 3.8) is 0 Å². The summed E-state index contributed by atoms with van der Waals surface area (Å²) >= 11 is 5.42. The van der Waals surface area contributed by atoms with Crippen LogP contribution in [0.2, 0.25) is 0 Å². The van der Waals surface area contributed by atoms with Crippen LogP contribution >= 0.6 is 11.6 Å². The van der Waals surface area contributed by atoms with Crippen molar-refractivity contribution in [1.29, 1.82) is 5.26 Å². The fourth-order valence-electron chi connectivity index (χ4n) is 0.642. The molecule has 0 aliphatic carbocycles. The molecule has 0 aromatic rings. The molecule has 3 nitrogen and oxygen atoms in total. The first-order valence-electron chi connectivity index (χ1n) is 3.62. The Morgan fingerprint density at radius 3 is 2.75 bits per heavy atom. The number of amides is 1. The number of halogens is 1. The molecule has 0 aliphatic rings. The first-order chi connectivity index (χ1) is 5.61. The lowest BCUT2D eigenvalue weighted by atomic mass is 10.1. The largest absolute Gasteiger partial charge is 0.350 e. The molecule has 0 aliphatic heterocycles. The van der Waals surface area contributed by atoms with Gasteiger partial charge in [0, 0.05) is 5.03 Å². The number of nitrogens with one attached hydrogen (secondary N) is 1. The van der Waals surface area contributed by atoms with Gasteiger partial charge in [0.25, 0.3) is 0 Å². The van der Waals surface area contributed by atoms with Gasteiger partial charge in [0.2, 0.25) is 5.91 Å². The van der Waals surface area contributed by atoms with Crippen molar-refractivity contribution >= 4 is 17.5 Å². The van der Waals surface area contributed by atoms with Crippen LogP contribution in [0.1, 0.15) is 13.3 Å². The van der Waals surface area contributed by atoms with Gasteiger partial charge in [0.05, 0.1) is 12.6 Å². The highest BCUT2D eigenvalue weighted by atomic mass is 35.5. The topological polar surface area (TPSA) is 52.9 Å². The van der Waals surface area contributed by atoms with Crippen molar-refractivity contribution in [1.82, 2.24) is 5.32 Å². The molecule has 0 saturated carbocycles. The number of nitrogens with zero attached hydrogens (tertiary/aromatic N) is 1. The first-order valence-corrected chi connectivity index (χ1v) is 4.00. The van der Waals surface area contributed by atoms with E-state index < -0.39 is 5.92 Å².